The Morgan fingerprint density at radius 3 is 2.29 bits per heavy atom. The van der Waals surface area contributed by atoms with Crippen molar-refractivity contribution in [3.63, 3.8) is 0 Å². The predicted octanol–water partition coefficient (Wildman–Crippen LogP) is 5.80. The zero-order chi connectivity index (χ0) is 31.0. The average molecular weight is 583 g/mol. The number of nitrogens with zero attached hydrogens (tertiary/aromatic N) is 1. The lowest BCUT2D eigenvalue weighted by Gasteiger charge is -2.23. The number of nitrogens with one attached hydrogen (secondary N) is 1. The first kappa shape index (κ1) is 30.3. The molecule has 1 aromatic heterocycles. The number of benzene rings is 3. The first-order valence-electron chi connectivity index (χ1n) is 12.9. The topological polar surface area (TPSA) is 104 Å². The molecule has 0 aliphatic heterocycles. The van der Waals surface area contributed by atoms with Gasteiger partial charge in [-0.1, -0.05) is 36.4 Å². The average Bonchev–Trinajstić information content (AvgIpc) is 2.91. The summed E-state index contributed by atoms with van der Waals surface area (Å²) in [5.74, 6) is -0.747. The first-order valence-corrected chi connectivity index (χ1v) is 12.9. The van der Waals surface area contributed by atoms with Crippen LogP contribution >= 0.6 is 0 Å². The van der Waals surface area contributed by atoms with Crippen molar-refractivity contribution in [1.82, 2.24) is 9.88 Å². The smallest absolute Gasteiger partial charge is 0.417 e. The maximum atomic E-state index is 14.7. The molecule has 1 N–H and O–H groups in total. The Kier molecular flexibility index (Phi) is 8.15. The highest BCUT2D eigenvalue weighted by Gasteiger charge is 2.38. The summed E-state index contributed by atoms with van der Waals surface area (Å²) >= 11 is 0. The van der Waals surface area contributed by atoms with Crippen molar-refractivity contribution in [2.24, 2.45) is 7.05 Å². The second-order valence-corrected chi connectivity index (χ2v) is 10.8. The number of halogens is 3. The fourth-order valence-electron chi connectivity index (χ4n) is 4.96. The molecule has 0 radical (unpaired) electrons. The Hall–Kier alpha value is -4.67. The summed E-state index contributed by atoms with van der Waals surface area (Å²) in [5.41, 5.74) is -2.83. The predicted molar refractivity (Wildman–Crippen MR) is 151 cm³/mol. The maximum Gasteiger partial charge on any atom is 0.417 e. The van der Waals surface area contributed by atoms with Crippen LogP contribution in [-0.2, 0) is 33.9 Å². The molecular formula is C31H29F3N2O6. The largest absolute Gasteiger partial charge is 0.467 e. The lowest BCUT2D eigenvalue weighted by atomic mass is 9.90. The second-order valence-electron chi connectivity index (χ2n) is 10.8. The highest BCUT2D eigenvalue weighted by molar-refractivity contribution is 6.02. The van der Waals surface area contributed by atoms with E-state index >= 15 is 0 Å². The number of fused-ring (bicyclic) bond motifs is 2. The van der Waals surface area contributed by atoms with E-state index in [1.54, 1.807) is 45.0 Å². The van der Waals surface area contributed by atoms with E-state index in [0.29, 0.717) is 22.6 Å². The van der Waals surface area contributed by atoms with Crippen molar-refractivity contribution in [1.29, 1.82) is 0 Å². The molecule has 0 bridgehead atoms. The summed E-state index contributed by atoms with van der Waals surface area (Å²) in [4.78, 5) is 50.0. The summed E-state index contributed by atoms with van der Waals surface area (Å²) in [6, 6.07) is 12.0. The number of aromatic nitrogens is 1. The van der Waals surface area contributed by atoms with Gasteiger partial charge in [0.15, 0.2) is 0 Å². The lowest BCUT2D eigenvalue weighted by Crippen LogP contribution is -2.45. The third-order valence-electron chi connectivity index (χ3n) is 6.72. The molecule has 0 aliphatic rings. The van der Waals surface area contributed by atoms with E-state index in [4.69, 9.17) is 9.47 Å². The number of alkyl carbamates (subject to hydrolysis) is 1. The lowest BCUT2D eigenvalue weighted by molar-refractivity contribution is -0.143. The van der Waals surface area contributed by atoms with Gasteiger partial charge in [-0.3, -0.25) is 9.59 Å². The van der Waals surface area contributed by atoms with Crippen LogP contribution in [0.1, 0.15) is 42.3 Å². The number of hydrogen-bond donors (Lipinski definition) is 1. The third kappa shape index (κ3) is 6.00. The Bertz CT molecular complexity index is 1770. The zero-order valence-electron chi connectivity index (χ0n) is 23.6. The number of ether oxygens (including phenoxy) is 2. The summed E-state index contributed by atoms with van der Waals surface area (Å²) in [6.45, 7) is 4.99. The number of rotatable bonds is 6. The van der Waals surface area contributed by atoms with Crippen LogP contribution < -0.4 is 10.9 Å². The zero-order valence-corrected chi connectivity index (χ0v) is 23.6. The molecule has 3 aromatic carbocycles. The van der Waals surface area contributed by atoms with Crippen LogP contribution in [0.25, 0.3) is 32.8 Å². The van der Waals surface area contributed by atoms with Crippen molar-refractivity contribution >= 4 is 40.0 Å². The number of carbonyl (C=O) groups excluding carboxylic acids is 3. The van der Waals surface area contributed by atoms with Crippen LogP contribution in [0.4, 0.5) is 18.0 Å². The Balaban J connectivity index is 1.94. The minimum atomic E-state index is -4.93. The van der Waals surface area contributed by atoms with Gasteiger partial charge in [0.2, 0.25) is 0 Å². The summed E-state index contributed by atoms with van der Waals surface area (Å²) in [7, 11) is 2.53. The minimum absolute atomic E-state index is 0.0235. The molecule has 4 aromatic rings. The number of methoxy groups -OCH3 is 1. The number of alkyl halides is 3. The Morgan fingerprint density at radius 2 is 1.67 bits per heavy atom. The molecule has 42 heavy (non-hydrogen) atoms. The van der Waals surface area contributed by atoms with Gasteiger partial charge in [-0.25, -0.2) is 9.59 Å². The van der Waals surface area contributed by atoms with Crippen LogP contribution in [-0.4, -0.2) is 41.7 Å². The SMILES string of the molecule is COC(=O)[C@H](Cc1cccc2c(-c3c(C(F)(F)F)c4cc(C=O)ccc4n(C)c3=O)cccc12)NC(=O)OC(C)(C)C. The Morgan fingerprint density at radius 1 is 1.00 bits per heavy atom. The highest BCUT2D eigenvalue weighted by Crippen LogP contribution is 2.42. The standard InChI is InChI=1S/C31H29F3N2O6/c1-30(2,3)42-29(40)35-23(28(39)41-5)15-18-8-6-10-20-19(18)9-7-11-21(20)25-26(31(32,33)34)22-14-17(16-37)12-13-24(22)36(4)27(25)38/h6-14,16,23H,15H2,1-5H3,(H,35,40)/t23-/m0/s1. The molecule has 8 nitrogen and oxygen atoms in total. The van der Waals surface area contributed by atoms with Crippen molar-refractivity contribution in [2.45, 2.75) is 45.0 Å². The molecule has 4 rings (SSSR count). The minimum Gasteiger partial charge on any atom is -0.467 e. The molecule has 0 saturated carbocycles. The van der Waals surface area contributed by atoms with Crippen LogP contribution in [0.3, 0.4) is 0 Å². The van der Waals surface area contributed by atoms with Gasteiger partial charge in [0.25, 0.3) is 5.56 Å². The van der Waals surface area contributed by atoms with E-state index in [1.165, 1.54) is 31.3 Å². The molecule has 0 aliphatic carbocycles. The van der Waals surface area contributed by atoms with Crippen LogP contribution in [0, 0.1) is 0 Å². The number of aryl methyl sites for hydroxylation is 1. The van der Waals surface area contributed by atoms with E-state index in [1.807, 2.05) is 0 Å². The molecule has 0 saturated heterocycles. The van der Waals surface area contributed by atoms with E-state index in [9.17, 15) is 32.3 Å². The van der Waals surface area contributed by atoms with E-state index in [2.05, 4.69) is 5.32 Å². The van der Waals surface area contributed by atoms with Gasteiger partial charge in [0.05, 0.1) is 23.8 Å². The third-order valence-corrected chi connectivity index (χ3v) is 6.72. The van der Waals surface area contributed by atoms with Crippen molar-refractivity contribution < 1.29 is 37.0 Å². The quantitative estimate of drug-likeness (QED) is 0.228. The Labute approximate surface area is 239 Å². The summed E-state index contributed by atoms with van der Waals surface area (Å²) in [6.07, 6.45) is -5.41. The number of esters is 1. The molecule has 11 heteroatoms. The van der Waals surface area contributed by atoms with Gasteiger partial charge in [-0.2, -0.15) is 13.2 Å². The van der Waals surface area contributed by atoms with Gasteiger partial charge >= 0.3 is 18.2 Å². The molecule has 1 atom stereocenters. The number of carbonyl (C=O) groups is 3. The van der Waals surface area contributed by atoms with E-state index in [0.717, 1.165) is 17.7 Å². The van der Waals surface area contributed by atoms with E-state index in [-0.39, 0.29) is 28.5 Å². The second kappa shape index (κ2) is 11.3. The first-order chi connectivity index (χ1) is 19.7. The van der Waals surface area contributed by atoms with E-state index < -0.39 is 46.6 Å². The van der Waals surface area contributed by atoms with Gasteiger partial charge in [0, 0.05) is 24.4 Å². The van der Waals surface area contributed by atoms with Gasteiger partial charge in [0.1, 0.15) is 17.9 Å². The van der Waals surface area contributed by atoms with Crippen LogP contribution in [0.15, 0.2) is 59.4 Å². The molecule has 1 amide bonds. The van der Waals surface area contributed by atoms with Gasteiger partial charge in [-0.15, -0.1) is 0 Å². The van der Waals surface area contributed by atoms with Crippen LogP contribution in [0.5, 0.6) is 0 Å². The fraction of sp³-hybridized carbons (Fsp3) is 0.290. The molecule has 0 unspecified atom stereocenters. The molecular weight excluding hydrogens is 553 g/mol. The number of pyridine rings is 1. The van der Waals surface area contributed by atoms with Crippen molar-refractivity contribution in [2.75, 3.05) is 7.11 Å². The molecule has 0 fully saturated rings. The molecule has 220 valence electrons. The number of amides is 1. The van der Waals surface area contributed by atoms with Crippen molar-refractivity contribution in [3.05, 3.63) is 81.6 Å². The maximum absolute atomic E-state index is 14.7. The summed E-state index contributed by atoms with van der Waals surface area (Å²) < 4.78 is 55.3. The normalized spacial score (nSPS) is 12.7. The summed E-state index contributed by atoms with van der Waals surface area (Å²) in [5, 5.41) is 2.99. The number of aldehydes is 1. The highest BCUT2D eigenvalue weighted by atomic mass is 19.4. The molecule has 0 spiro atoms. The monoisotopic (exact) mass is 582 g/mol. The number of hydrogen-bond acceptors (Lipinski definition) is 6. The molecule has 1 heterocycles. The van der Waals surface area contributed by atoms with Crippen molar-refractivity contribution in [3.8, 4) is 11.1 Å². The van der Waals surface area contributed by atoms with Crippen LogP contribution in [0.2, 0.25) is 0 Å². The van der Waals surface area contributed by atoms with Gasteiger partial charge < -0.3 is 19.4 Å². The van der Waals surface area contributed by atoms with Gasteiger partial charge in [-0.05, 0) is 60.9 Å². The fourth-order valence-corrected chi connectivity index (χ4v) is 4.96.